The van der Waals surface area contributed by atoms with E-state index in [2.05, 4.69) is 15.1 Å². The molecule has 3 N–H and O–H groups in total. The second-order valence-corrected chi connectivity index (χ2v) is 4.29. The van der Waals surface area contributed by atoms with E-state index in [1.54, 1.807) is 7.11 Å². The molecule has 3 aromatic rings. The molecule has 19 heavy (non-hydrogen) atoms. The van der Waals surface area contributed by atoms with E-state index in [0.717, 1.165) is 28.5 Å². The van der Waals surface area contributed by atoms with Gasteiger partial charge in [0.2, 0.25) is 0 Å². The molecule has 0 unspecified atom stereocenters. The summed E-state index contributed by atoms with van der Waals surface area (Å²) in [5, 5.41) is 3.21. The molecule has 0 bridgehead atoms. The molecule has 0 aliphatic heterocycles. The zero-order valence-electron chi connectivity index (χ0n) is 10.8. The summed E-state index contributed by atoms with van der Waals surface area (Å²) in [5.74, 6) is 2.17. The standard InChI is InChI=1S/C13H15N5O/c1-8-11(7-14)18-13(15-8)16-12(17-18)9-4-3-5-10(6-9)19-2/h3-6H,7,14H2,1-2H3,(H,15,16,17). The van der Waals surface area contributed by atoms with Crippen LogP contribution in [0.15, 0.2) is 24.3 Å². The second kappa shape index (κ2) is 4.40. The minimum Gasteiger partial charge on any atom is -0.497 e. The minimum atomic E-state index is 0.423. The van der Waals surface area contributed by atoms with Crippen LogP contribution in [0.5, 0.6) is 5.75 Å². The van der Waals surface area contributed by atoms with Crippen LogP contribution in [0.1, 0.15) is 11.4 Å². The molecule has 2 heterocycles. The van der Waals surface area contributed by atoms with E-state index in [1.807, 2.05) is 35.7 Å². The molecule has 0 aliphatic carbocycles. The smallest absolute Gasteiger partial charge is 0.251 e. The van der Waals surface area contributed by atoms with Crippen LogP contribution in [0.2, 0.25) is 0 Å². The van der Waals surface area contributed by atoms with Crippen LogP contribution in [0.3, 0.4) is 0 Å². The van der Waals surface area contributed by atoms with E-state index < -0.39 is 0 Å². The number of benzene rings is 1. The Hall–Kier alpha value is -2.34. The molecule has 3 rings (SSSR count). The van der Waals surface area contributed by atoms with Crippen molar-refractivity contribution in [1.29, 1.82) is 0 Å². The Morgan fingerprint density at radius 2 is 2.21 bits per heavy atom. The van der Waals surface area contributed by atoms with Crippen LogP contribution in [-0.2, 0) is 6.54 Å². The fraction of sp³-hybridized carbons (Fsp3) is 0.231. The topological polar surface area (TPSA) is 81.2 Å². The van der Waals surface area contributed by atoms with Crippen LogP contribution in [0, 0.1) is 6.92 Å². The molecule has 2 aromatic heterocycles. The molecule has 0 radical (unpaired) electrons. The number of aromatic nitrogens is 4. The normalized spacial score (nSPS) is 11.1. The first kappa shape index (κ1) is 11.7. The van der Waals surface area contributed by atoms with Crippen molar-refractivity contribution in [3.63, 3.8) is 0 Å². The zero-order valence-corrected chi connectivity index (χ0v) is 10.8. The van der Waals surface area contributed by atoms with Gasteiger partial charge < -0.3 is 10.5 Å². The van der Waals surface area contributed by atoms with Crippen molar-refractivity contribution in [3.8, 4) is 17.1 Å². The van der Waals surface area contributed by atoms with Crippen LogP contribution >= 0.6 is 0 Å². The number of hydrogen-bond donors (Lipinski definition) is 2. The largest absolute Gasteiger partial charge is 0.497 e. The highest BCUT2D eigenvalue weighted by atomic mass is 16.5. The molecule has 98 valence electrons. The van der Waals surface area contributed by atoms with Crippen molar-refractivity contribution in [2.45, 2.75) is 13.5 Å². The summed E-state index contributed by atoms with van der Waals surface area (Å²) in [5.41, 5.74) is 8.52. The predicted molar refractivity (Wildman–Crippen MR) is 72.0 cm³/mol. The Balaban J connectivity index is 2.12. The molecule has 0 atom stereocenters. The van der Waals surface area contributed by atoms with E-state index in [9.17, 15) is 0 Å². The Morgan fingerprint density at radius 1 is 1.37 bits per heavy atom. The fourth-order valence-corrected chi connectivity index (χ4v) is 2.11. The van der Waals surface area contributed by atoms with Crippen molar-refractivity contribution in [2.24, 2.45) is 5.73 Å². The quantitative estimate of drug-likeness (QED) is 0.745. The number of nitrogens with two attached hydrogens (primary N) is 1. The van der Waals surface area contributed by atoms with E-state index in [0.29, 0.717) is 12.3 Å². The maximum absolute atomic E-state index is 5.73. The van der Waals surface area contributed by atoms with Gasteiger partial charge in [0.1, 0.15) is 5.75 Å². The SMILES string of the molecule is COc1cccc(-c2nc3nc(C)c(CN)n3[nH]2)c1. The Bertz CT molecular complexity index is 728. The van der Waals surface area contributed by atoms with Gasteiger partial charge in [-0.05, 0) is 19.1 Å². The minimum absolute atomic E-state index is 0.423. The average Bonchev–Trinajstić information content (AvgIpc) is 2.95. The summed E-state index contributed by atoms with van der Waals surface area (Å²) in [7, 11) is 1.64. The molecule has 0 spiro atoms. The second-order valence-electron chi connectivity index (χ2n) is 4.29. The highest BCUT2D eigenvalue weighted by Gasteiger charge is 2.12. The van der Waals surface area contributed by atoms with E-state index in [4.69, 9.17) is 10.5 Å². The number of ether oxygens (including phenoxy) is 1. The van der Waals surface area contributed by atoms with Gasteiger partial charge in [-0.25, -0.2) is 9.50 Å². The molecule has 0 fully saturated rings. The Labute approximate surface area is 110 Å². The first-order valence-electron chi connectivity index (χ1n) is 6.01. The number of fused-ring (bicyclic) bond motifs is 1. The number of hydrogen-bond acceptors (Lipinski definition) is 4. The number of aromatic amines is 1. The molecule has 0 amide bonds. The third kappa shape index (κ3) is 1.86. The molecule has 0 aliphatic rings. The number of aryl methyl sites for hydroxylation is 1. The van der Waals surface area contributed by atoms with Gasteiger partial charge in [0.25, 0.3) is 5.78 Å². The number of rotatable bonds is 3. The van der Waals surface area contributed by atoms with E-state index >= 15 is 0 Å². The molecule has 6 heteroatoms. The maximum atomic E-state index is 5.73. The Kier molecular flexibility index (Phi) is 2.72. The highest BCUT2D eigenvalue weighted by molar-refractivity contribution is 5.59. The first-order valence-corrected chi connectivity index (χ1v) is 6.01. The molecular weight excluding hydrogens is 242 g/mol. The van der Waals surface area contributed by atoms with Gasteiger partial charge >= 0.3 is 0 Å². The van der Waals surface area contributed by atoms with E-state index in [1.165, 1.54) is 0 Å². The van der Waals surface area contributed by atoms with Crippen LogP contribution in [-0.4, -0.2) is 26.7 Å². The average molecular weight is 257 g/mol. The van der Waals surface area contributed by atoms with Gasteiger partial charge in [0.15, 0.2) is 5.82 Å². The first-order chi connectivity index (χ1) is 9.22. The van der Waals surface area contributed by atoms with Gasteiger partial charge in [-0.2, -0.15) is 4.98 Å². The Morgan fingerprint density at radius 3 is 2.95 bits per heavy atom. The van der Waals surface area contributed by atoms with Crippen molar-refractivity contribution in [3.05, 3.63) is 35.7 Å². The molecule has 0 saturated carbocycles. The number of nitrogens with zero attached hydrogens (tertiary/aromatic N) is 3. The zero-order chi connectivity index (χ0) is 13.4. The van der Waals surface area contributed by atoms with Crippen molar-refractivity contribution < 1.29 is 4.74 Å². The lowest BCUT2D eigenvalue weighted by atomic mass is 10.2. The van der Waals surface area contributed by atoms with Gasteiger partial charge in [0.05, 0.1) is 18.5 Å². The summed E-state index contributed by atoms with van der Waals surface area (Å²) < 4.78 is 7.04. The summed E-state index contributed by atoms with van der Waals surface area (Å²) >= 11 is 0. The third-order valence-corrected chi connectivity index (χ3v) is 3.12. The van der Waals surface area contributed by atoms with Crippen LogP contribution in [0.25, 0.3) is 17.2 Å². The van der Waals surface area contributed by atoms with Crippen molar-refractivity contribution in [2.75, 3.05) is 7.11 Å². The highest BCUT2D eigenvalue weighted by Crippen LogP contribution is 2.22. The third-order valence-electron chi connectivity index (χ3n) is 3.12. The number of imidazole rings is 1. The summed E-state index contributed by atoms with van der Waals surface area (Å²) in [6, 6.07) is 7.71. The summed E-state index contributed by atoms with van der Waals surface area (Å²) in [6.45, 7) is 2.35. The van der Waals surface area contributed by atoms with Gasteiger partial charge in [0, 0.05) is 12.1 Å². The molecule has 1 aromatic carbocycles. The maximum Gasteiger partial charge on any atom is 0.251 e. The predicted octanol–water partition coefficient (Wildman–Crippen LogP) is 1.50. The molecular formula is C13H15N5O. The van der Waals surface area contributed by atoms with Gasteiger partial charge in [-0.15, -0.1) is 0 Å². The monoisotopic (exact) mass is 257 g/mol. The van der Waals surface area contributed by atoms with E-state index in [-0.39, 0.29) is 0 Å². The summed E-state index contributed by atoms with van der Waals surface area (Å²) in [6.07, 6.45) is 0. The lowest BCUT2D eigenvalue weighted by Crippen LogP contribution is -2.03. The lowest BCUT2D eigenvalue weighted by Gasteiger charge is -2.01. The van der Waals surface area contributed by atoms with Gasteiger partial charge in [-0.1, -0.05) is 12.1 Å². The lowest BCUT2D eigenvalue weighted by molar-refractivity contribution is 0.415. The summed E-state index contributed by atoms with van der Waals surface area (Å²) in [4.78, 5) is 8.86. The van der Waals surface area contributed by atoms with Crippen LogP contribution in [0.4, 0.5) is 0 Å². The van der Waals surface area contributed by atoms with Crippen LogP contribution < -0.4 is 10.5 Å². The van der Waals surface area contributed by atoms with Crippen molar-refractivity contribution >= 4 is 5.78 Å². The van der Waals surface area contributed by atoms with Crippen molar-refractivity contribution in [1.82, 2.24) is 19.6 Å². The molecule has 0 saturated heterocycles. The number of nitrogens with one attached hydrogen (secondary N) is 1. The molecule has 6 nitrogen and oxygen atoms in total. The fourth-order valence-electron chi connectivity index (χ4n) is 2.11. The number of H-pyrrole nitrogens is 1. The van der Waals surface area contributed by atoms with Gasteiger partial charge in [-0.3, -0.25) is 5.10 Å². The number of methoxy groups -OCH3 is 1.